The molecule has 0 saturated heterocycles. The highest BCUT2D eigenvalue weighted by Gasteiger charge is 2.16. The van der Waals surface area contributed by atoms with E-state index in [2.05, 4.69) is 15.3 Å². The van der Waals surface area contributed by atoms with Gasteiger partial charge in [0.15, 0.2) is 0 Å². The summed E-state index contributed by atoms with van der Waals surface area (Å²) in [5.74, 6) is 0.445. The van der Waals surface area contributed by atoms with Crippen molar-refractivity contribution in [3.05, 3.63) is 51.6 Å². The van der Waals surface area contributed by atoms with Crippen LogP contribution in [0.2, 0.25) is 5.02 Å². The van der Waals surface area contributed by atoms with Crippen LogP contribution >= 0.6 is 11.6 Å². The zero-order chi connectivity index (χ0) is 14.9. The number of rotatable bonds is 2. The average Bonchev–Trinajstić information content (AvgIpc) is 2.32. The summed E-state index contributed by atoms with van der Waals surface area (Å²) < 4.78 is 0. The Balaban J connectivity index is 2.36. The van der Waals surface area contributed by atoms with Crippen molar-refractivity contribution in [3.63, 3.8) is 0 Å². The molecule has 1 aromatic carbocycles. The zero-order valence-corrected chi connectivity index (χ0v) is 12.7. The number of aromatic nitrogens is 2. The molecule has 1 N–H and O–H groups in total. The van der Waals surface area contributed by atoms with Gasteiger partial charge in [-0.3, -0.25) is 4.79 Å². The summed E-state index contributed by atoms with van der Waals surface area (Å²) in [5.41, 5.74) is 3.50. The predicted octanol–water partition coefficient (Wildman–Crippen LogP) is 3.62. The molecule has 2 aromatic rings. The number of amides is 1. The van der Waals surface area contributed by atoms with Gasteiger partial charge in [-0.05, 0) is 45.4 Å². The first kappa shape index (κ1) is 14.5. The fourth-order valence-corrected chi connectivity index (χ4v) is 2.30. The molecule has 0 aliphatic heterocycles. The number of aryl methyl sites for hydroxylation is 4. The van der Waals surface area contributed by atoms with Crippen molar-refractivity contribution >= 4 is 23.2 Å². The summed E-state index contributed by atoms with van der Waals surface area (Å²) in [6.07, 6.45) is 0. The fraction of sp³-hybridized carbons (Fsp3) is 0.267. The molecule has 0 atom stereocenters. The normalized spacial score (nSPS) is 10.4. The number of carbonyl (C=O) groups is 1. The number of nitrogens with one attached hydrogen (secondary N) is 1. The highest BCUT2D eigenvalue weighted by atomic mass is 35.5. The molecule has 1 aromatic heterocycles. The molecule has 104 valence electrons. The van der Waals surface area contributed by atoms with Gasteiger partial charge in [-0.25, -0.2) is 9.97 Å². The molecule has 0 saturated carbocycles. The molecule has 0 bridgehead atoms. The van der Waals surface area contributed by atoms with E-state index in [9.17, 15) is 4.79 Å². The second kappa shape index (κ2) is 5.59. The van der Waals surface area contributed by atoms with Crippen LogP contribution in [0.5, 0.6) is 0 Å². The van der Waals surface area contributed by atoms with Crippen LogP contribution in [0.1, 0.15) is 33.1 Å². The van der Waals surface area contributed by atoms with E-state index in [1.807, 2.05) is 19.9 Å². The zero-order valence-electron chi connectivity index (χ0n) is 11.9. The molecule has 1 amide bonds. The van der Waals surface area contributed by atoms with Gasteiger partial charge in [-0.1, -0.05) is 17.7 Å². The lowest BCUT2D eigenvalue weighted by atomic mass is 10.1. The van der Waals surface area contributed by atoms with Crippen molar-refractivity contribution in [2.45, 2.75) is 27.7 Å². The molecule has 1 heterocycles. The van der Waals surface area contributed by atoms with E-state index in [-0.39, 0.29) is 5.91 Å². The summed E-state index contributed by atoms with van der Waals surface area (Å²) in [6.45, 7) is 7.34. The molecule has 0 spiro atoms. The summed E-state index contributed by atoms with van der Waals surface area (Å²) >= 11 is 5.95. The minimum atomic E-state index is -0.217. The molecule has 0 aliphatic carbocycles. The second-order valence-electron chi connectivity index (χ2n) is 4.73. The van der Waals surface area contributed by atoms with Gasteiger partial charge in [0.05, 0.1) is 17.0 Å². The van der Waals surface area contributed by atoms with Crippen LogP contribution in [0, 0.1) is 27.7 Å². The van der Waals surface area contributed by atoms with Crippen molar-refractivity contribution in [2.24, 2.45) is 0 Å². The Bertz CT molecular complexity index is 660. The van der Waals surface area contributed by atoms with Gasteiger partial charge in [0.1, 0.15) is 5.82 Å². The van der Waals surface area contributed by atoms with Crippen LogP contribution in [0.25, 0.3) is 0 Å². The van der Waals surface area contributed by atoms with Crippen molar-refractivity contribution in [2.75, 3.05) is 5.32 Å². The van der Waals surface area contributed by atoms with Crippen LogP contribution in [-0.4, -0.2) is 15.9 Å². The van der Waals surface area contributed by atoms with E-state index in [0.717, 1.165) is 5.56 Å². The maximum Gasteiger partial charge on any atom is 0.259 e. The number of benzene rings is 1. The molecule has 0 radical (unpaired) electrons. The molecule has 0 fully saturated rings. The van der Waals surface area contributed by atoms with Gasteiger partial charge in [-0.15, -0.1) is 0 Å². The summed E-state index contributed by atoms with van der Waals surface area (Å²) in [7, 11) is 0. The van der Waals surface area contributed by atoms with Gasteiger partial charge in [0.25, 0.3) is 5.91 Å². The number of anilines is 1. The molecule has 20 heavy (non-hydrogen) atoms. The SMILES string of the molecule is Cc1nc(C)c(C(=O)Nc2cc(Cl)ccc2C)c(C)n1. The number of halogens is 1. The third kappa shape index (κ3) is 2.96. The predicted molar refractivity (Wildman–Crippen MR) is 80.4 cm³/mol. The number of hydrogen-bond acceptors (Lipinski definition) is 3. The Morgan fingerprint density at radius 3 is 2.30 bits per heavy atom. The quantitative estimate of drug-likeness (QED) is 0.919. The van der Waals surface area contributed by atoms with E-state index >= 15 is 0 Å². The van der Waals surface area contributed by atoms with Crippen molar-refractivity contribution in [1.29, 1.82) is 0 Å². The van der Waals surface area contributed by atoms with Gasteiger partial charge in [0, 0.05) is 10.7 Å². The van der Waals surface area contributed by atoms with E-state index < -0.39 is 0 Å². The van der Waals surface area contributed by atoms with Gasteiger partial charge in [-0.2, -0.15) is 0 Å². The second-order valence-corrected chi connectivity index (χ2v) is 5.17. The van der Waals surface area contributed by atoms with Gasteiger partial charge >= 0.3 is 0 Å². The summed E-state index contributed by atoms with van der Waals surface area (Å²) in [6, 6.07) is 5.38. The minimum absolute atomic E-state index is 0.217. The van der Waals surface area contributed by atoms with Crippen molar-refractivity contribution in [1.82, 2.24) is 9.97 Å². The average molecular weight is 290 g/mol. The monoisotopic (exact) mass is 289 g/mol. The van der Waals surface area contributed by atoms with Gasteiger partial charge in [0.2, 0.25) is 0 Å². The maximum atomic E-state index is 12.4. The Labute approximate surface area is 123 Å². The molecule has 0 aliphatic rings. The third-order valence-electron chi connectivity index (χ3n) is 3.06. The summed E-state index contributed by atoms with van der Waals surface area (Å²) in [5, 5.41) is 3.45. The standard InChI is InChI=1S/C15H16ClN3O/c1-8-5-6-12(16)7-13(8)19-15(20)14-9(2)17-11(4)18-10(14)3/h5-7H,1-4H3,(H,19,20). The topological polar surface area (TPSA) is 54.9 Å². The van der Waals surface area contributed by atoms with Crippen LogP contribution in [-0.2, 0) is 0 Å². The van der Waals surface area contributed by atoms with Crippen LogP contribution in [0.15, 0.2) is 18.2 Å². The largest absolute Gasteiger partial charge is 0.322 e. The number of hydrogen-bond donors (Lipinski definition) is 1. The highest BCUT2D eigenvalue weighted by molar-refractivity contribution is 6.31. The Morgan fingerprint density at radius 2 is 1.70 bits per heavy atom. The molecular weight excluding hydrogens is 274 g/mol. The lowest BCUT2D eigenvalue weighted by molar-refractivity contribution is 0.102. The number of carbonyl (C=O) groups excluding carboxylic acids is 1. The van der Waals surface area contributed by atoms with E-state index in [1.165, 1.54) is 0 Å². The van der Waals surface area contributed by atoms with E-state index in [4.69, 9.17) is 11.6 Å². The Kier molecular flexibility index (Phi) is 4.04. The maximum absolute atomic E-state index is 12.4. The first-order valence-electron chi connectivity index (χ1n) is 6.28. The Morgan fingerprint density at radius 1 is 1.10 bits per heavy atom. The molecule has 0 unspecified atom stereocenters. The van der Waals surface area contributed by atoms with Gasteiger partial charge < -0.3 is 5.32 Å². The smallest absolute Gasteiger partial charge is 0.259 e. The molecule has 5 heteroatoms. The lowest BCUT2D eigenvalue weighted by Crippen LogP contribution is -2.18. The Hall–Kier alpha value is -1.94. The van der Waals surface area contributed by atoms with Crippen molar-refractivity contribution in [3.8, 4) is 0 Å². The first-order chi connectivity index (χ1) is 9.38. The minimum Gasteiger partial charge on any atom is -0.322 e. The van der Waals surface area contributed by atoms with Crippen molar-refractivity contribution < 1.29 is 4.79 Å². The fourth-order valence-electron chi connectivity index (χ4n) is 2.13. The van der Waals surface area contributed by atoms with E-state index in [1.54, 1.807) is 26.0 Å². The van der Waals surface area contributed by atoms with Crippen LogP contribution < -0.4 is 5.32 Å². The molecule has 2 rings (SSSR count). The van der Waals surface area contributed by atoms with Crippen LogP contribution in [0.3, 0.4) is 0 Å². The number of nitrogens with zero attached hydrogens (tertiary/aromatic N) is 2. The third-order valence-corrected chi connectivity index (χ3v) is 3.29. The summed E-state index contributed by atoms with van der Waals surface area (Å²) in [4.78, 5) is 20.9. The van der Waals surface area contributed by atoms with Crippen LogP contribution in [0.4, 0.5) is 5.69 Å². The molecular formula is C15H16ClN3O. The lowest BCUT2D eigenvalue weighted by Gasteiger charge is -2.12. The highest BCUT2D eigenvalue weighted by Crippen LogP contribution is 2.21. The van der Waals surface area contributed by atoms with E-state index in [0.29, 0.717) is 33.5 Å². The first-order valence-corrected chi connectivity index (χ1v) is 6.65. The molecule has 4 nitrogen and oxygen atoms in total.